The van der Waals surface area contributed by atoms with Crippen LogP contribution in [0.5, 0.6) is 0 Å². The molecule has 0 spiro atoms. The molecule has 1 saturated heterocycles. The van der Waals surface area contributed by atoms with Gasteiger partial charge in [0.05, 0.1) is 17.9 Å². The fourth-order valence-electron chi connectivity index (χ4n) is 3.33. The Morgan fingerprint density at radius 2 is 2.15 bits per heavy atom. The smallest absolute Gasteiger partial charge is 0.169 e. The zero-order chi connectivity index (χ0) is 18.6. The minimum absolute atomic E-state index is 0.344. The van der Waals surface area contributed by atoms with Crippen molar-refractivity contribution in [3.05, 3.63) is 72.2 Å². The quantitative estimate of drug-likeness (QED) is 0.713. The molecule has 138 valence electrons. The van der Waals surface area contributed by atoms with Crippen LogP contribution in [0.25, 0.3) is 16.8 Å². The normalized spacial score (nSPS) is 21.3. The first-order valence-electron chi connectivity index (χ1n) is 9.13. The third kappa shape index (κ3) is 3.71. The number of amidine groups is 1. The van der Waals surface area contributed by atoms with Crippen molar-refractivity contribution in [1.82, 2.24) is 15.3 Å². The number of oxime groups is 1. The van der Waals surface area contributed by atoms with E-state index in [9.17, 15) is 0 Å². The van der Waals surface area contributed by atoms with Crippen molar-refractivity contribution in [2.24, 2.45) is 10.9 Å². The van der Waals surface area contributed by atoms with Crippen molar-refractivity contribution in [3.8, 4) is 11.3 Å². The number of nitrogens with one attached hydrogen (secondary N) is 2. The summed E-state index contributed by atoms with van der Waals surface area (Å²) in [6.07, 6.45) is 9.97. The highest BCUT2D eigenvalue weighted by Crippen LogP contribution is 2.25. The summed E-state index contributed by atoms with van der Waals surface area (Å²) in [6, 6.07) is 8.69. The molecule has 1 fully saturated rings. The van der Waals surface area contributed by atoms with Crippen LogP contribution < -0.4 is 11.1 Å². The molecule has 4 N–H and O–H groups in total. The molecule has 0 aliphatic carbocycles. The Labute approximate surface area is 158 Å². The molecule has 3 heterocycles. The second-order valence-corrected chi connectivity index (χ2v) is 6.68. The molecule has 0 bridgehead atoms. The highest BCUT2D eigenvalue weighted by Gasteiger charge is 2.19. The highest BCUT2D eigenvalue weighted by atomic mass is 16.6. The SMILES string of the molecule is C=C/C(=C\C=C1CON=C1N)c1ccc(-c2cnc(C3CCCN3)[nH]2)cc1. The van der Waals surface area contributed by atoms with Gasteiger partial charge in [0.25, 0.3) is 0 Å². The number of nitrogens with two attached hydrogens (primary N) is 1. The van der Waals surface area contributed by atoms with Crippen LogP contribution in [-0.4, -0.2) is 29.0 Å². The Kier molecular flexibility index (Phi) is 4.89. The van der Waals surface area contributed by atoms with Crippen molar-refractivity contribution in [2.45, 2.75) is 18.9 Å². The first kappa shape index (κ1) is 17.3. The van der Waals surface area contributed by atoms with E-state index in [0.29, 0.717) is 18.5 Å². The molecule has 1 aromatic heterocycles. The Hall–Kier alpha value is -3.12. The average Bonchev–Trinajstić information content (AvgIpc) is 3.45. The summed E-state index contributed by atoms with van der Waals surface area (Å²) in [5, 5.41) is 7.19. The predicted molar refractivity (Wildman–Crippen MR) is 108 cm³/mol. The Morgan fingerprint density at radius 1 is 1.30 bits per heavy atom. The molecular weight excluding hydrogens is 338 g/mol. The van der Waals surface area contributed by atoms with Crippen molar-refractivity contribution >= 4 is 11.4 Å². The second-order valence-electron chi connectivity index (χ2n) is 6.68. The number of nitrogens with zero attached hydrogens (tertiary/aromatic N) is 2. The maximum atomic E-state index is 5.76. The standard InChI is InChI=1S/C21H23N5O/c1-2-14(5-10-17-13-27-26-20(17)22)15-6-8-16(9-7-15)19-12-24-21(25-19)18-4-3-11-23-18/h2,5-10,12,18,23H,1,3-4,11,13H2,(H2,22,26)(H,24,25)/b14-5+,17-10?. The number of rotatable bonds is 5. The number of allylic oxidation sites excluding steroid dienone is 4. The molecule has 0 saturated carbocycles. The molecule has 4 rings (SSSR count). The zero-order valence-electron chi connectivity index (χ0n) is 15.1. The van der Waals surface area contributed by atoms with Gasteiger partial charge in [-0.2, -0.15) is 0 Å². The number of benzene rings is 1. The molecule has 2 aliphatic heterocycles. The van der Waals surface area contributed by atoms with Crippen molar-refractivity contribution in [2.75, 3.05) is 13.2 Å². The molecule has 27 heavy (non-hydrogen) atoms. The Balaban J connectivity index is 1.52. The van der Waals surface area contributed by atoms with Crippen LogP contribution in [0.4, 0.5) is 0 Å². The lowest BCUT2D eigenvalue weighted by atomic mass is 10.0. The van der Waals surface area contributed by atoms with Crippen LogP contribution in [0.2, 0.25) is 0 Å². The van der Waals surface area contributed by atoms with E-state index in [0.717, 1.165) is 46.8 Å². The van der Waals surface area contributed by atoms with Crippen LogP contribution in [0, 0.1) is 0 Å². The maximum Gasteiger partial charge on any atom is 0.169 e. The van der Waals surface area contributed by atoms with Gasteiger partial charge in [0.15, 0.2) is 5.84 Å². The fraction of sp³-hybridized carbons (Fsp3) is 0.238. The van der Waals surface area contributed by atoms with E-state index in [1.165, 1.54) is 6.42 Å². The number of aromatic nitrogens is 2. The summed E-state index contributed by atoms with van der Waals surface area (Å²) in [6.45, 7) is 5.38. The van der Waals surface area contributed by atoms with Gasteiger partial charge >= 0.3 is 0 Å². The van der Waals surface area contributed by atoms with E-state index in [-0.39, 0.29) is 0 Å². The number of H-pyrrole nitrogens is 1. The minimum Gasteiger partial charge on any atom is -0.389 e. The third-order valence-corrected chi connectivity index (χ3v) is 4.91. The first-order chi connectivity index (χ1) is 13.2. The van der Waals surface area contributed by atoms with Gasteiger partial charge in [0, 0.05) is 5.57 Å². The largest absolute Gasteiger partial charge is 0.389 e. The minimum atomic E-state index is 0.344. The number of hydrogen-bond donors (Lipinski definition) is 3. The number of imidazole rings is 1. The molecule has 6 nitrogen and oxygen atoms in total. The number of aromatic amines is 1. The van der Waals surface area contributed by atoms with E-state index in [1.54, 1.807) is 0 Å². The topological polar surface area (TPSA) is 88.3 Å². The summed E-state index contributed by atoms with van der Waals surface area (Å²) < 4.78 is 0. The van der Waals surface area contributed by atoms with Gasteiger partial charge in [-0.25, -0.2) is 4.98 Å². The van der Waals surface area contributed by atoms with Gasteiger partial charge < -0.3 is 20.9 Å². The Morgan fingerprint density at radius 3 is 2.81 bits per heavy atom. The molecule has 0 amide bonds. The van der Waals surface area contributed by atoms with Crippen molar-refractivity contribution in [1.29, 1.82) is 0 Å². The van der Waals surface area contributed by atoms with Crippen LogP contribution in [0.3, 0.4) is 0 Å². The van der Waals surface area contributed by atoms with Gasteiger partial charge in [-0.1, -0.05) is 54.2 Å². The lowest BCUT2D eigenvalue weighted by molar-refractivity contribution is 0.187. The molecule has 1 unspecified atom stereocenters. The second kappa shape index (κ2) is 7.63. The van der Waals surface area contributed by atoms with Crippen LogP contribution in [-0.2, 0) is 4.84 Å². The monoisotopic (exact) mass is 361 g/mol. The molecule has 2 aromatic rings. The van der Waals surface area contributed by atoms with Crippen molar-refractivity contribution < 1.29 is 4.84 Å². The Bertz CT molecular complexity index is 914. The fourth-order valence-corrected chi connectivity index (χ4v) is 3.33. The number of hydrogen-bond acceptors (Lipinski definition) is 5. The van der Waals surface area contributed by atoms with Gasteiger partial charge in [-0.15, -0.1) is 0 Å². The molecule has 0 radical (unpaired) electrons. The summed E-state index contributed by atoms with van der Waals surface area (Å²) in [5.41, 5.74) is 10.9. The predicted octanol–water partition coefficient (Wildman–Crippen LogP) is 3.30. The molecule has 1 atom stereocenters. The third-order valence-electron chi connectivity index (χ3n) is 4.91. The summed E-state index contributed by atoms with van der Waals surface area (Å²) in [7, 11) is 0. The average molecular weight is 361 g/mol. The van der Waals surface area contributed by atoms with Crippen LogP contribution in [0.15, 0.2) is 66.0 Å². The van der Waals surface area contributed by atoms with E-state index >= 15 is 0 Å². The van der Waals surface area contributed by atoms with E-state index in [2.05, 4.69) is 51.3 Å². The van der Waals surface area contributed by atoms with Gasteiger partial charge in [-0.05, 0) is 36.1 Å². The van der Waals surface area contributed by atoms with E-state index in [1.807, 2.05) is 24.4 Å². The highest BCUT2D eigenvalue weighted by molar-refractivity contribution is 5.98. The first-order valence-corrected chi connectivity index (χ1v) is 9.13. The lowest BCUT2D eigenvalue weighted by Gasteiger charge is -2.06. The molecule has 1 aromatic carbocycles. The van der Waals surface area contributed by atoms with Crippen LogP contribution >= 0.6 is 0 Å². The molecule has 2 aliphatic rings. The zero-order valence-corrected chi connectivity index (χ0v) is 15.1. The molecular formula is C21H23N5O. The maximum absolute atomic E-state index is 5.76. The van der Waals surface area contributed by atoms with Gasteiger partial charge in [0.2, 0.25) is 0 Å². The van der Waals surface area contributed by atoms with Gasteiger partial charge in [0.1, 0.15) is 12.4 Å². The van der Waals surface area contributed by atoms with Gasteiger partial charge in [-0.3, -0.25) is 0 Å². The summed E-state index contributed by atoms with van der Waals surface area (Å²) in [5.74, 6) is 1.44. The molecule has 6 heteroatoms. The van der Waals surface area contributed by atoms with E-state index in [4.69, 9.17) is 10.6 Å². The summed E-state index contributed by atoms with van der Waals surface area (Å²) >= 11 is 0. The van der Waals surface area contributed by atoms with Crippen LogP contribution in [0.1, 0.15) is 30.3 Å². The summed E-state index contributed by atoms with van der Waals surface area (Å²) in [4.78, 5) is 13.0. The van der Waals surface area contributed by atoms with Crippen molar-refractivity contribution in [3.63, 3.8) is 0 Å². The lowest BCUT2D eigenvalue weighted by Crippen LogP contribution is -2.14. The van der Waals surface area contributed by atoms with E-state index < -0.39 is 0 Å².